The fourth-order valence-electron chi connectivity index (χ4n) is 1.35. The van der Waals surface area contributed by atoms with Gasteiger partial charge in [-0.1, -0.05) is 0 Å². The molecular weight excluding hydrogens is 236 g/mol. The van der Waals surface area contributed by atoms with E-state index in [1.165, 1.54) is 7.11 Å². The molecule has 0 rings (SSSR count). The van der Waals surface area contributed by atoms with Gasteiger partial charge in [-0.25, -0.2) is 4.79 Å². The number of nitrogens with one attached hydrogen (secondary N) is 1. The van der Waals surface area contributed by atoms with E-state index in [0.29, 0.717) is 13.0 Å². The van der Waals surface area contributed by atoms with Crippen LogP contribution in [0, 0.1) is 0 Å². The Hall–Kier alpha value is -1.30. The fourth-order valence-corrected chi connectivity index (χ4v) is 1.35. The lowest BCUT2D eigenvalue weighted by atomic mass is 10.2. The number of hydrogen-bond acceptors (Lipinski definition) is 5. The monoisotopic (exact) mass is 260 g/mol. The van der Waals surface area contributed by atoms with Gasteiger partial charge >= 0.3 is 12.1 Å². The van der Waals surface area contributed by atoms with Crippen molar-refractivity contribution in [1.29, 1.82) is 0 Å². The molecule has 0 aromatic carbocycles. The predicted octanol–water partition coefficient (Wildman–Crippen LogP) is 1.00. The third-order valence-electron chi connectivity index (χ3n) is 2.18. The molecule has 0 aromatic heterocycles. The van der Waals surface area contributed by atoms with E-state index in [1.54, 1.807) is 39.8 Å². The molecular formula is C12H24N2O4. The standard InChI is InChI=1S/C12H24N2O4/c1-12(2,3)18-11(16)13-8-7-9(14(4)5)10(15)17-6/h9H,7-8H2,1-6H3,(H,13,16)/t9-/m0/s1. The van der Waals surface area contributed by atoms with E-state index in [0.717, 1.165) is 0 Å². The molecule has 1 N–H and O–H groups in total. The van der Waals surface area contributed by atoms with E-state index in [1.807, 2.05) is 0 Å². The Morgan fingerprint density at radius 2 is 1.83 bits per heavy atom. The summed E-state index contributed by atoms with van der Waals surface area (Å²) in [5, 5.41) is 2.61. The lowest BCUT2D eigenvalue weighted by Crippen LogP contribution is -2.40. The van der Waals surface area contributed by atoms with Crippen molar-refractivity contribution in [1.82, 2.24) is 10.2 Å². The van der Waals surface area contributed by atoms with Crippen LogP contribution in [0.15, 0.2) is 0 Å². The van der Waals surface area contributed by atoms with Gasteiger partial charge in [-0.3, -0.25) is 9.69 Å². The maximum atomic E-state index is 11.5. The van der Waals surface area contributed by atoms with Crippen LogP contribution in [0.2, 0.25) is 0 Å². The molecule has 6 heteroatoms. The van der Waals surface area contributed by atoms with Crippen molar-refractivity contribution >= 4 is 12.1 Å². The number of rotatable bonds is 5. The summed E-state index contributed by atoms with van der Waals surface area (Å²) in [6, 6.07) is -0.370. The molecule has 0 aliphatic carbocycles. The van der Waals surface area contributed by atoms with Gasteiger partial charge in [0.2, 0.25) is 0 Å². The van der Waals surface area contributed by atoms with Gasteiger partial charge in [0.15, 0.2) is 0 Å². The number of alkyl carbamates (subject to hydrolysis) is 1. The number of carbonyl (C=O) groups is 2. The van der Waals surface area contributed by atoms with Gasteiger partial charge in [-0.05, 0) is 41.3 Å². The third kappa shape index (κ3) is 7.11. The zero-order valence-corrected chi connectivity index (χ0v) is 12.1. The number of esters is 1. The molecule has 0 aliphatic heterocycles. The molecule has 0 heterocycles. The fraction of sp³-hybridized carbons (Fsp3) is 0.833. The molecule has 0 saturated carbocycles. The number of amides is 1. The first-order valence-electron chi connectivity index (χ1n) is 5.88. The molecule has 1 atom stereocenters. The van der Waals surface area contributed by atoms with Gasteiger partial charge in [0.05, 0.1) is 7.11 Å². The summed E-state index contributed by atoms with van der Waals surface area (Å²) in [7, 11) is 4.92. The van der Waals surface area contributed by atoms with Crippen molar-refractivity contribution in [3.8, 4) is 0 Å². The Kier molecular flexibility index (Phi) is 6.68. The van der Waals surface area contributed by atoms with Gasteiger partial charge in [-0.2, -0.15) is 0 Å². The van der Waals surface area contributed by atoms with Crippen LogP contribution in [0.3, 0.4) is 0 Å². The van der Waals surface area contributed by atoms with Crippen molar-refractivity contribution in [2.75, 3.05) is 27.7 Å². The average molecular weight is 260 g/mol. The Bertz CT molecular complexity index is 284. The zero-order chi connectivity index (χ0) is 14.3. The van der Waals surface area contributed by atoms with E-state index in [2.05, 4.69) is 10.1 Å². The smallest absolute Gasteiger partial charge is 0.407 e. The zero-order valence-electron chi connectivity index (χ0n) is 12.1. The minimum absolute atomic E-state index is 0.314. The lowest BCUT2D eigenvalue weighted by Gasteiger charge is -2.23. The van der Waals surface area contributed by atoms with E-state index in [9.17, 15) is 9.59 Å². The Balaban J connectivity index is 4.08. The molecule has 0 saturated heterocycles. The van der Waals surface area contributed by atoms with Gasteiger partial charge in [0.1, 0.15) is 11.6 Å². The quantitative estimate of drug-likeness (QED) is 0.747. The number of likely N-dealkylation sites (N-methyl/N-ethyl adjacent to an activating group) is 1. The Morgan fingerprint density at radius 1 is 1.28 bits per heavy atom. The molecule has 0 radical (unpaired) electrons. The minimum atomic E-state index is -0.520. The number of hydrogen-bond donors (Lipinski definition) is 1. The van der Waals surface area contributed by atoms with E-state index in [-0.39, 0.29) is 12.0 Å². The average Bonchev–Trinajstić information content (AvgIpc) is 2.20. The molecule has 1 amide bonds. The lowest BCUT2D eigenvalue weighted by molar-refractivity contribution is -0.146. The Morgan fingerprint density at radius 3 is 2.22 bits per heavy atom. The second kappa shape index (κ2) is 7.20. The van der Waals surface area contributed by atoms with Crippen LogP contribution in [0.5, 0.6) is 0 Å². The highest BCUT2D eigenvalue weighted by Crippen LogP contribution is 2.07. The summed E-state index contributed by atoms with van der Waals surface area (Å²) >= 11 is 0. The van der Waals surface area contributed by atoms with Crippen LogP contribution in [0.1, 0.15) is 27.2 Å². The van der Waals surface area contributed by atoms with Crippen LogP contribution >= 0.6 is 0 Å². The summed E-state index contributed by atoms with van der Waals surface area (Å²) in [6.07, 6.45) is -0.0105. The van der Waals surface area contributed by atoms with Crippen LogP contribution < -0.4 is 5.32 Å². The summed E-state index contributed by atoms with van der Waals surface area (Å²) < 4.78 is 9.77. The normalized spacial score (nSPS) is 13.1. The van der Waals surface area contributed by atoms with Crippen molar-refractivity contribution in [2.24, 2.45) is 0 Å². The van der Waals surface area contributed by atoms with Crippen LogP contribution in [-0.4, -0.2) is 56.4 Å². The molecule has 106 valence electrons. The molecule has 0 aromatic rings. The molecule has 18 heavy (non-hydrogen) atoms. The molecule has 0 fully saturated rings. The van der Waals surface area contributed by atoms with Crippen LogP contribution in [-0.2, 0) is 14.3 Å². The molecule has 6 nitrogen and oxygen atoms in total. The van der Waals surface area contributed by atoms with Crippen LogP contribution in [0.4, 0.5) is 4.79 Å². The summed E-state index contributed by atoms with van der Waals surface area (Å²) in [6.45, 7) is 5.74. The van der Waals surface area contributed by atoms with E-state index < -0.39 is 11.7 Å². The van der Waals surface area contributed by atoms with Crippen molar-refractivity contribution in [3.63, 3.8) is 0 Å². The van der Waals surface area contributed by atoms with Crippen molar-refractivity contribution in [3.05, 3.63) is 0 Å². The second-order valence-electron chi connectivity index (χ2n) is 5.22. The highest BCUT2D eigenvalue weighted by molar-refractivity contribution is 5.75. The van der Waals surface area contributed by atoms with Gasteiger partial charge in [0.25, 0.3) is 0 Å². The summed E-state index contributed by atoms with van der Waals surface area (Å²) in [5.74, 6) is -0.314. The second-order valence-corrected chi connectivity index (χ2v) is 5.22. The maximum absolute atomic E-state index is 11.5. The van der Waals surface area contributed by atoms with E-state index >= 15 is 0 Å². The summed E-state index contributed by atoms with van der Waals surface area (Å²) in [4.78, 5) is 24.6. The first kappa shape index (κ1) is 16.7. The minimum Gasteiger partial charge on any atom is -0.468 e. The predicted molar refractivity (Wildman–Crippen MR) is 68.3 cm³/mol. The Labute approximate surface area is 109 Å². The van der Waals surface area contributed by atoms with Crippen molar-refractivity contribution < 1.29 is 19.1 Å². The number of ether oxygens (including phenoxy) is 2. The molecule has 0 aliphatic rings. The molecule has 0 spiro atoms. The topological polar surface area (TPSA) is 67.9 Å². The largest absolute Gasteiger partial charge is 0.468 e. The van der Waals surface area contributed by atoms with Crippen LogP contribution in [0.25, 0.3) is 0 Å². The maximum Gasteiger partial charge on any atom is 0.407 e. The number of nitrogens with zero attached hydrogens (tertiary/aromatic N) is 1. The van der Waals surface area contributed by atoms with Gasteiger partial charge in [-0.15, -0.1) is 0 Å². The third-order valence-corrected chi connectivity index (χ3v) is 2.18. The van der Waals surface area contributed by atoms with Gasteiger partial charge in [0, 0.05) is 6.54 Å². The SMILES string of the molecule is COC(=O)[C@H](CCNC(=O)OC(C)(C)C)N(C)C. The first-order chi connectivity index (χ1) is 8.17. The highest BCUT2D eigenvalue weighted by Gasteiger charge is 2.22. The van der Waals surface area contributed by atoms with Crippen molar-refractivity contribution in [2.45, 2.75) is 38.8 Å². The number of carbonyl (C=O) groups excluding carboxylic acids is 2. The number of methoxy groups -OCH3 is 1. The molecule has 0 unspecified atom stereocenters. The molecule has 0 bridgehead atoms. The van der Waals surface area contributed by atoms with Gasteiger partial charge < -0.3 is 14.8 Å². The highest BCUT2D eigenvalue weighted by atomic mass is 16.6. The van der Waals surface area contributed by atoms with E-state index in [4.69, 9.17) is 4.74 Å². The summed E-state index contributed by atoms with van der Waals surface area (Å²) in [5.41, 5.74) is -0.520. The first-order valence-corrected chi connectivity index (χ1v) is 5.88.